The minimum atomic E-state index is -0.557. The zero-order valence-electron chi connectivity index (χ0n) is 13.8. The lowest BCUT2D eigenvalue weighted by atomic mass is 10.0. The third kappa shape index (κ3) is 3.96. The standard InChI is InChI=1S/C17H18FN3O3S/c1-9-7-12(10(2)24-9)16(22)20-21-17(23)19-14-5-6-25-15-4-3-11(18)8-13(14)15/h3-4,7-8,14H,5-6H2,1-2H3,(H,20,22)(H2,19,21,23). The number of halogens is 1. The van der Waals surface area contributed by atoms with E-state index in [-0.39, 0.29) is 11.9 Å². The van der Waals surface area contributed by atoms with Crippen LogP contribution in [0.1, 0.15) is 39.9 Å². The van der Waals surface area contributed by atoms with Gasteiger partial charge in [-0.3, -0.25) is 10.2 Å². The lowest BCUT2D eigenvalue weighted by Gasteiger charge is -2.26. The summed E-state index contributed by atoms with van der Waals surface area (Å²) < 4.78 is 18.8. The number of nitrogens with one attached hydrogen (secondary N) is 3. The van der Waals surface area contributed by atoms with Crippen molar-refractivity contribution in [3.63, 3.8) is 0 Å². The van der Waals surface area contributed by atoms with Gasteiger partial charge in [-0.15, -0.1) is 11.8 Å². The molecule has 1 aliphatic rings. The molecule has 8 heteroatoms. The van der Waals surface area contributed by atoms with E-state index < -0.39 is 11.9 Å². The van der Waals surface area contributed by atoms with Crippen molar-refractivity contribution >= 4 is 23.7 Å². The first kappa shape index (κ1) is 17.3. The highest BCUT2D eigenvalue weighted by Crippen LogP contribution is 2.36. The van der Waals surface area contributed by atoms with Crippen LogP contribution in [0.4, 0.5) is 9.18 Å². The van der Waals surface area contributed by atoms with Gasteiger partial charge < -0.3 is 9.73 Å². The Hall–Kier alpha value is -2.48. The Morgan fingerprint density at radius 3 is 2.76 bits per heavy atom. The molecule has 0 bridgehead atoms. The van der Waals surface area contributed by atoms with Gasteiger partial charge in [0.25, 0.3) is 5.91 Å². The average molecular weight is 363 g/mol. The zero-order valence-corrected chi connectivity index (χ0v) is 14.6. The Labute approximate surface area is 148 Å². The van der Waals surface area contributed by atoms with E-state index in [9.17, 15) is 14.0 Å². The van der Waals surface area contributed by atoms with E-state index >= 15 is 0 Å². The second-order valence-electron chi connectivity index (χ2n) is 5.75. The molecule has 0 saturated heterocycles. The van der Waals surface area contributed by atoms with Crippen molar-refractivity contribution in [1.82, 2.24) is 16.2 Å². The molecule has 3 rings (SSSR count). The van der Waals surface area contributed by atoms with Gasteiger partial charge in [0.15, 0.2) is 0 Å². The molecular weight excluding hydrogens is 345 g/mol. The molecule has 0 fully saturated rings. The molecule has 25 heavy (non-hydrogen) atoms. The van der Waals surface area contributed by atoms with Crippen molar-refractivity contribution in [1.29, 1.82) is 0 Å². The Morgan fingerprint density at radius 1 is 1.24 bits per heavy atom. The van der Waals surface area contributed by atoms with Gasteiger partial charge in [0.05, 0.1) is 11.6 Å². The SMILES string of the molecule is Cc1cc(C(=O)NNC(=O)NC2CCSc3ccc(F)cc32)c(C)o1. The highest BCUT2D eigenvalue weighted by Gasteiger charge is 2.23. The Balaban J connectivity index is 1.60. The zero-order chi connectivity index (χ0) is 18.0. The van der Waals surface area contributed by atoms with Gasteiger partial charge in [-0.25, -0.2) is 14.6 Å². The number of aryl methyl sites for hydroxylation is 2. The predicted octanol–water partition coefficient (Wildman–Crippen LogP) is 3.22. The molecule has 3 N–H and O–H groups in total. The maximum Gasteiger partial charge on any atom is 0.333 e. The van der Waals surface area contributed by atoms with E-state index in [0.29, 0.717) is 23.5 Å². The number of carbonyl (C=O) groups is 2. The second-order valence-corrected chi connectivity index (χ2v) is 6.89. The van der Waals surface area contributed by atoms with Crippen molar-refractivity contribution in [3.05, 3.63) is 52.7 Å². The second kappa shape index (κ2) is 7.18. The van der Waals surface area contributed by atoms with Gasteiger partial charge in [-0.05, 0) is 50.1 Å². The van der Waals surface area contributed by atoms with Crippen LogP contribution in [0.25, 0.3) is 0 Å². The number of amides is 3. The molecule has 1 aromatic carbocycles. The molecule has 2 aromatic rings. The van der Waals surface area contributed by atoms with E-state index in [1.807, 2.05) is 0 Å². The summed E-state index contributed by atoms with van der Waals surface area (Å²) in [4.78, 5) is 25.1. The quantitative estimate of drug-likeness (QED) is 0.716. The molecule has 1 atom stereocenters. The lowest BCUT2D eigenvalue weighted by molar-refractivity contribution is 0.0934. The molecule has 132 valence electrons. The summed E-state index contributed by atoms with van der Waals surface area (Å²) in [6, 6.07) is 5.29. The van der Waals surface area contributed by atoms with Gasteiger partial charge in [0.1, 0.15) is 17.3 Å². The molecule has 1 unspecified atom stereocenters. The molecule has 6 nitrogen and oxygen atoms in total. The Kier molecular flexibility index (Phi) is 4.98. The summed E-state index contributed by atoms with van der Waals surface area (Å²) in [5, 5.41) is 2.76. The largest absolute Gasteiger partial charge is 0.466 e. The van der Waals surface area contributed by atoms with Crippen molar-refractivity contribution < 1.29 is 18.4 Å². The number of hydrogen-bond donors (Lipinski definition) is 3. The summed E-state index contributed by atoms with van der Waals surface area (Å²) >= 11 is 1.63. The minimum absolute atomic E-state index is 0.304. The summed E-state index contributed by atoms with van der Waals surface area (Å²) in [5.41, 5.74) is 5.77. The van der Waals surface area contributed by atoms with Crippen molar-refractivity contribution in [2.75, 3.05) is 5.75 Å². The number of fused-ring (bicyclic) bond motifs is 1. The Bertz CT molecular complexity index is 821. The van der Waals surface area contributed by atoms with Crippen LogP contribution < -0.4 is 16.2 Å². The van der Waals surface area contributed by atoms with E-state index in [4.69, 9.17) is 4.42 Å². The van der Waals surface area contributed by atoms with Crippen molar-refractivity contribution in [3.8, 4) is 0 Å². The molecule has 0 spiro atoms. The van der Waals surface area contributed by atoms with Crippen molar-refractivity contribution in [2.45, 2.75) is 31.2 Å². The van der Waals surface area contributed by atoms with E-state index in [0.717, 1.165) is 16.2 Å². The fourth-order valence-corrected chi connectivity index (χ4v) is 3.85. The number of carbonyl (C=O) groups excluding carboxylic acids is 2. The van der Waals surface area contributed by atoms with Crippen LogP contribution in [0.2, 0.25) is 0 Å². The molecule has 2 heterocycles. The number of thioether (sulfide) groups is 1. The fourth-order valence-electron chi connectivity index (χ4n) is 2.75. The normalized spacial score (nSPS) is 16.0. The highest BCUT2D eigenvalue weighted by molar-refractivity contribution is 7.99. The van der Waals surface area contributed by atoms with Gasteiger partial charge in [-0.1, -0.05) is 0 Å². The first-order valence-electron chi connectivity index (χ1n) is 7.80. The highest BCUT2D eigenvalue weighted by atomic mass is 32.2. The summed E-state index contributed by atoms with van der Waals surface area (Å²) in [6.45, 7) is 3.41. The van der Waals surface area contributed by atoms with Crippen molar-refractivity contribution in [2.24, 2.45) is 0 Å². The molecular formula is C17H18FN3O3S. The Morgan fingerprint density at radius 2 is 2.04 bits per heavy atom. The predicted molar refractivity (Wildman–Crippen MR) is 91.8 cm³/mol. The maximum absolute atomic E-state index is 13.5. The molecule has 0 saturated carbocycles. The summed E-state index contributed by atoms with van der Waals surface area (Å²) in [5.74, 6) is 1.11. The monoisotopic (exact) mass is 363 g/mol. The number of furan rings is 1. The van der Waals surface area contributed by atoms with Crippen LogP contribution in [0, 0.1) is 19.7 Å². The summed E-state index contributed by atoms with van der Waals surface area (Å²) in [7, 11) is 0. The minimum Gasteiger partial charge on any atom is -0.466 e. The molecule has 0 radical (unpaired) electrons. The lowest BCUT2D eigenvalue weighted by Crippen LogP contribution is -2.48. The fraction of sp³-hybridized carbons (Fsp3) is 0.294. The van der Waals surface area contributed by atoms with Crippen LogP contribution in [-0.2, 0) is 0 Å². The average Bonchev–Trinajstić information content (AvgIpc) is 2.92. The topological polar surface area (TPSA) is 83.4 Å². The van der Waals surface area contributed by atoms with Gasteiger partial charge in [0.2, 0.25) is 0 Å². The number of benzene rings is 1. The third-order valence-corrected chi connectivity index (χ3v) is 5.01. The maximum atomic E-state index is 13.5. The van der Waals surface area contributed by atoms with Crippen LogP contribution in [0.3, 0.4) is 0 Å². The van der Waals surface area contributed by atoms with Gasteiger partial charge >= 0.3 is 6.03 Å². The van der Waals surface area contributed by atoms with Crippen LogP contribution in [0.15, 0.2) is 33.6 Å². The third-order valence-electron chi connectivity index (χ3n) is 3.89. The molecule has 0 aliphatic carbocycles. The van der Waals surface area contributed by atoms with Gasteiger partial charge in [-0.2, -0.15) is 0 Å². The molecule has 1 aromatic heterocycles. The van der Waals surface area contributed by atoms with Crippen LogP contribution in [-0.4, -0.2) is 17.7 Å². The number of urea groups is 1. The molecule has 1 aliphatic heterocycles. The first-order valence-corrected chi connectivity index (χ1v) is 8.78. The van der Waals surface area contributed by atoms with Gasteiger partial charge in [0, 0.05) is 10.6 Å². The van der Waals surface area contributed by atoms with E-state index in [1.165, 1.54) is 12.1 Å². The number of hydrogen-bond acceptors (Lipinski definition) is 4. The summed E-state index contributed by atoms with van der Waals surface area (Å²) in [6.07, 6.45) is 0.683. The van der Waals surface area contributed by atoms with Crippen LogP contribution in [0.5, 0.6) is 0 Å². The van der Waals surface area contributed by atoms with E-state index in [2.05, 4.69) is 16.2 Å². The molecule has 3 amide bonds. The number of rotatable bonds is 2. The smallest absolute Gasteiger partial charge is 0.333 e. The number of hydrazine groups is 1. The first-order chi connectivity index (χ1) is 11.9. The van der Waals surface area contributed by atoms with Crippen LogP contribution >= 0.6 is 11.8 Å². The van der Waals surface area contributed by atoms with E-state index in [1.54, 1.807) is 37.7 Å².